The van der Waals surface area contributed by atoms with Crippen LogP contribution in [0.5, 0.6) is 0 Å². The van der Waals surface area contributed by atoms with E-state index < -0.39 is 70.7 Å². The predicted molar refractivity (Wildman–Crippen MR) is 122 cm³/mol. The zero-order valence-electron chi connectivity index (χ0n) is 20.6. The van der Waals surface area contributed by atoms with E-state index in [9.17, 15) is 49.4 Å². The molecular formula is C27H26F9NO2. The van der Waals surface area contributed by atoms with Gasteiger partial charge >= 0.3 is 24.5 Å². The van der Waals surface area contributed by atoms with Crippen molar-refractivity contribution in [1.29, 1.82) is 0 Å². The van der Waals surface area contributed by atoms with Crippen LogP contribution in [0.4, 0.5) is 39.5 Å². The first-order valence-electron chi connectivity index (χ1n) is 12.4. The van der Waals surface area contributed by atoms with Gasteiger partial charge in [0.1, 0.15) is 0 Å². The first-order valence-corrected chi connectivity index (χ1v) is 12.4. The largest absolute Gasteiger partial charge is 0.481 e. The van der Waals surface area contributed by atoms with Crippen LogP contribution in [-0.2, 0) is 29.9 Å². The summed E-state index contributed by atoms with van der Waals surface area (Å²) in [6, 6.07) is 4.48. The molecule has 12 heteroatoms. The van der Waals surface area contributed by atoms with Crippen molar-refractivity contribution in [2.45, 2.75) is 69.6 Å². The van der Waals surface area contributed by atoms with Crippen LogP contribution in [0, 0.1) is 11.3 Å². The van der Waals surface area contributed by atoms with Crippen LogP contribution < -0.4 is 0 Å². The van der Waals surface area contributed by atoms with Gasteiger partial charge in [0.25, 0.3) is 0 Å². The molecule has 2 aromatic rings. The summed E-state index contributed by atoms with van der Waals surface area (Å²) in [4.78, 5) is 13.8. The number of hydrogen-bond donors (Lipinski definition) is 1. The van der Waals surface area contributed by atoms with Gasteiger partial charge in [-0.05, 0) is 79.6 Å². The van der Waals surface area contributed by atoms with Gasteiger partial charge in [-0.3, -0.25) is 9.69 Å². The van der Waals surface area contributed by atoms with E-state index in [1.54, 1.807) is 0 Å². The first-order chi connectivity index (χ1) is 18.0. The fraction of sp³-hybridized carbons (Fsp3) is 0.519. The summed E-state index contributed by atoms with van der Waals surface area (Å²) in [6.45, 7) is -0.476. The van der Waals surface area contributed by atoms with Crippen LogP contribution in [0.2, 0.25) is 0 Å². The fourth-order valence-corrected chi connectivity index (χ4v) is 6.15. The maximum Gasteiger partial charge on any atom is 0.416 e. The highest BCUT2D eigenvalue weighted by Gasteiger charge is 2.50. The molecule has 2 aliphatic rings. The third kappa shape index (κ3) is 6.05. The van der Waals surface area contributed by atoms with Crippen LogP contribution in [0.15, 0.2) is 42.5 Å². The van der Waals surface area contributed by atoms with Crippen LogP contribution in [0.3, 0.4) is 0 Å². The SMILES string of the molecule is O=C(O)C1([C@H]2CCN(Cc3cc(C(F)(F)F)ccc3C(F)(F)F)C(c3ccc(C(F)(F)F)cc3)C2)CCCC1. The second-order valence-corrected chi connectivity index (χ2v) is 10.4. The monoisotopic (exact) mass is 567 g/mol. The highest BCUT2D eigenvalue weighted by Crippen LogP contribution is 2.52. The quantitative estimate of drug-likeness (QED) is 0.370. The highest BCUT2D eigenvalue weighted by molar-refractivity contribution is 5.75. The number of rotatable bonds is 5. The van der Waals surface area contributed by atoms with E-state index in [0.717, 1.165) is 12.1 Å². The molecule has 2 aromatic carbocycles. The van der Waals surface area contributed by atoms with Gasteiger partial charge in [-0.15, -0.1) is 0 Å². The molecule has 0 bridgehead atoms. The summed E-state index contributed by atoms with van der Waals surface area (Å²) in [7, 11) is 0. The second-order valence-electron chi connectivity index (χ2n) is 10.4. The second kappa shape index (κ2) is 10.3. The number of likely N-dealkylation sites (tertiary alicyclic amines) is 1. The van der Waals surface area contributed by atoms with E-state index in [-0.39, 0.29) is 19.4 Å². The minimum Gasteiger partial charge on any atom is -0.481 e. The minimum absolute atomic E-state index is 0.0684. The lowest BCUT2D eigenvalue weighted by Crippen LogP contribution is -2.45. The molecule has 1 saturated heterocycles. The van der Waals surface area contributed by atoms with E-state index >= 15 is 0 Å². The van der Waals surface area contributed by atoms with Gasteiger partial charge in [-0.2, -0.15) is 39.5 Å². The Hall–Kier alpha value is -2.76. The van der Waals surface area contributed by atoms with Gasteiger partial charge in [0.15, 0.2) is 0 Å². The number of carboxylic acids is 1. The number of carbonyl (C=O) groups is 1. The molecule has 1 aliphatic heterocycles. The number of aliphatic carboxylic acids is 1. The van der Waals surface area contributed by atoms with Gasteiger partial charge in [0.05, 0.1) is 22.1 Å². The average molecular weight is 567 g/mol. The number of nitrogens with zero attached hydrogens (tertiary/aromatic N) is 1. The molecule has 4 rings (SSSR count). The van der Waals surface area contributed by atoms with Crippen molar-refractivity contribution in [3.8, 4) is 0 Å². The Kier molecular flexibility index (Phi) is 7.74. The number of halogens is 9. The van der Waals surface area contributed by atoms with E-state index in [1.807, 2.05) is 0 Å². The van der Waals surface area contributed by atoms with E-state index in [0.29, 0.717) is 49.4 Å². The predicted octanol–water partition coefficient (Wildman–Crippen LogP) is 8.34. The maximum atomic E-state index is 13.7. The number of benzene rings is 2. The van der Waals surface area contributed by atoms with Crippen molar-refractivity contribution in [3.05, 3.63) is 70.3 Å². The van der Waals surface area contributed by atoms with Gasteiger partial charge in [0.2, 0.25) is 0 Å². The van der Waals surface area contributed by atoms with Crippen molar-refractivity contribution in [1.82, 2.24) is 4.90 Å². The average Bonchev–Trinajstić information content (AvgIpc) is 3.34. The Morgan fingerprint density at radius 3 is 1.92 bits per heavy atom. The molecule has 0 amide bonds. The van der Waals surface area contributed by atoms with Crippen molar-refractivity contribution < 1.29 is 49.4 Å². The number of piperidine rings is 1. The Morgan fingerprint density at radius 2 is 1.41 bits per heavy atom. The highest BCUT2D eigenvalue weighted by atomic mass is 19.4. The third-order valence-corrected chi connectivity index (χ3v) is 8.15. The van der Waals surface area contributed by atoms with Crippen molar-refractivity contribution in [2.24, 2.45) is 11.3 Å². The number of carboxylic acid groups (broad SMARTS) is 1. The zero-order valence-corrected chi connectivity index (χ0v) is 20.6. The minimum atomic E-state index is -4.93. The summed E-state index contributed by atoms with van der Waals surface area (Å²) >= 11 is 0. The molecule has 2 atom stereocenters. The lowest BCUT2D eigenvalue weighted by Gasteiger charge is -2.45. The van der Waals surface area contributed by atoms with Crippen molar-refractivity contribution in [2.75, 3.05) is 6.54 Å². The molecule has 39 heavy (non-hydrogen) atoms. The molecule has 0 radical (unpaired) electrons. The lowest BCUT2D eigenvalue weighted by atomic mass is 9.67. The molecule has 1 heterocycles. The standard InChI is InChI=1S/C27H26F9NO2/c28-25(29,30)18-5-3-16(4-6-18)22-14-19(24(23(38)39)10-1-2-11-24)9-12-37(22)15-17-13-20(26(31,32)33)7-8-21(17)27(34,35)36/h3-8,13,19,22H,1-2,9-12,14-15H2,(H,38,39)/t19-,22?/m0/s1. The Labute approximate surface area is 218 Å². The van der Waals surface area contributed by atoms with Gasteiger partial charge < -0.3 is 5.11 Å². The number of hydrogen-bond acceptors (Lipinski definition) is 2. The molecule has 1 saturated carbocycles. The van der Waals surface area contributed by atoms with Crippen LogP contribution >= 0.6 is 0 Å². The van der Waals surface area contributed by atoms with Crippen LogP contribution in [-0.4, -0.2) is 22.5 Å². The Balaban J connectivity index is 1.74. The van der Waals surface area contributed by atoms with Gasteiger partial charge in [0, 0.05) is 12.6 Å². The molecule has 3 nitrogen and oxygen atoms in total. The van der Waals surface area contributed by atoms with Gasteiger partial charge in [-0.25, -0.2) is 0 Å². The number of alkyl halides is 9. The summed E-state index contributed by atoms with van der Waals surface area (Å²) in [6.07, 6.45) is -11.8. The molecule has 1 N–H and O–H groups in total. The topological polar surface area (TPSA) is 40.5 Å². The van der Waals surface area contributed by atoms with Crippen molar-refractivity contribution >= 4 is 5.97 Å². The molecule has 0 spiro atoms. The smallest absolute Gasteiger partial charge is 0.416 e. The first kappa shape index (κ1) is 29.2. The van der Waals surface area contributed by atoms with Crippen molar-refractivity contribution in [3.63, 3.8) is 0 Å². The normalized spacial score (nSPS) is 22.7. The molecule has 1 unspecified atom stereocenters. The van der Waals surface area contributed by atoms with E-state index in [2.05, 4.69) is 0 Å². The van der Waals surface area contributed by atoms with E-state index in [1.165, 1.54) is 17.0 Å². The van der Waals surface area contributed by atoms with Gasteiger partial charge in [-0.1, -0.05) is 25.0 Å². The Morgan fingerprint density at radius 1 is 0.846 bits per heavy atom. The molecule has 0 aromatic heterocycles. The fourth-order valence-electron chi connectivity index (χ4n) is 6.15. The molecule has 2 fully saturated rings. The molecule has 214 valence electrons. The van der Waals surface area contributed by atoms with Crippen LogP contribution in [0.1, 0.15) is 72.4 Å². The molecule has 1 aliphatic carbocycles. The van der Waals surface area contributed by atoms with Crippen LogP contribution in [0.25, 0.3) is 0 Å². The Bertz CT molecular complexity index is 1180. The summed E-state index contributed by atoms with van der Waals surface area (Å²) in [5.74, 6) is -1.38. The zero-order chi connectivity index (χ0) is 28.8. The van der Waals surface area contributed by atoms with E-state index in [4.69, 9.17) is 0 Å². The summed E-state index contributed by atoms with van der Waals surface area (Å²) in [5.41, 5.74) is -4.75. The third-order valence-electron chi connectivity index (χ3n) is 8.15. The lowest BCUT2D eigenvalue weighted by molar-refractivity contribution is -0.154. The summed E-state index contributed by atoms with van der Waals surface area (Å²) < 4.78 is 121. The molecular weight excluding hydrogens is 541 g/mol. The maximum absolute atomic E-state index is 13.7. The summed E-state index contributed by atoms with van der Waals surface area (Å²) in [5, 5.41) is 10.1.